The van der Waals surface area contributed by atoms with Crippen LogP contribution in [-0.2, 0) is 6.54 Å². The molecule has 1 heterocycles. The summed E-state index contributed by atoms with van der Waals surface area (Å²) >= 11 is 0. The van der Waals surface area contributed by atoms with Crippen LogP contribution in [0.4, 0.5) is 0 Å². The molecule has 0 saturated heterocycles. The van der Waals surface area contributed by atoms with Gasteiger partial charge in [0.25, 0.3) is 5.56 Å². The van der Waals surface area contributed by atoms with Crippen LogP contribution in [0, 0.1) is 0 Å². The average Bonchev–Trinajstić information content (AvgIpc) is 2.63. The Morgan fingerprint density at radius 3 is 2.46 bits per heavy atom. The van der Waals surface area contributed by atoms with Crippen LogP contribution in [0.15, 0.2) is 78.2 Å². The molecule has 1 N–H and O–H groups in total. The highest BCUT2D eigenvalue weighted by molar-refractivity contribution is 5.95. The molecule has 3 nitrogen and oxygen atoms in total. The van der Waals surface area contributed by atoms with E-state index >= 15 is 0 Å². The van der Waals surface area contributed by atoms with Gasteiger partial charge in [0.1, 0.15) is 0 Å². The molecule has 0 saturated carbocycles. The first-order valence-corrected chi connectivity index (χ1v) is 8.22. The van der Waals surface area contributed by atoms with E-state index in [1.807, 2.05) is 59.3 Å². The van der Waals surface area contributed by atoms with Gasteiger partial charge in [0, 0.05) is 36.3 Å². The maximum Gasteiger partial charge on any atom is 0.258 e. The Morgan fingerprint density at radius 1 is 1.08 bits per heavy atom. The van der Waals surface area contributed by atoms with Crippen LogP contribution in [0.5, 0.6) is 0 Å². The highest BCUT2D eigenvalue weighted by atomic mass is 16.1. The predicted octanol–water partition coefficient (Wildman–Crippen LogP) is 3.83. The molecule has 122 valence electrons. The van der Waals surface area contributed by atoms with E-state index in [0.717, 1.165) is 28.4 Å². The maximum atomic E-state index is 12.8. The Bertz CT molecular complexity index is 897. The van der Waals surface area contributed by atoms with E-state index < -0.39 is 0 Å². The molecule has 3 aromatic rings. The summed E-state index contributed by atoms with van der Waals surface area (Å²) < 4.78 is 1.81. The molecule has 0 aliphatic heterocycles. The maximum absolute atomic E-state index is 12.8. The highest BCUT2D eigenvalue weighted by Crippen LogP contribution is 2.26. The Hall–Kier alpha value is -2.65. The third-order valence-corrected chi connectivity index (χ3v) is 4.16. The quantitative estimate of drug-likeness (QED) is 0.701. The molecule has 3 rings (SSSR count). The molecule has 0 spiro atoms. The number of benzene rings is 2. The van der Waals surface area contributed by atoms with Crippen molar-refractivity contribution in [2.45, 2.75) is 19.5 Å². The zero-order chi connectivity index (χ0) is 16.9. The number of aromatic nitrogens is 1. The van der Waals surface area contributed by atoms with E-state index in [4.69, 9.17) is 0 Å². The number of pyridine rings is 1. The summed E-state index contributed by atoms with van der Waals surface area (Å²) in [5.74, 6) is 0. The van der Waals surface area contributed by atoms with Crippen LogP contribution in [0.1, 0.15) is 6.92 Å². The summed E-state index contributed by atoms with van der Waals surface area (Å²) in [6, 6.07) is 18.2. The van der Waals surface area contributed by atoms with Crippen molar-refractivity contribution in [1.29, 1.82) is 0 Å². The smallest absolute Gasteiger partial charge is 0.258 e. The largest absolute Gasteiger partial charge is 0.313 e. The Kier molecular flexibility index (Phi) is 4.92. The van der Waals surface area contributed by atoms with Gasteiger partial charge in [-0.1, -0.05) is 54.6 Å². The van der Waals surface area contributed by atoms with E-state index in [9.17, 15) is 4.79 Å². The number of nitrogens with zero attached hydrogens (tertiary/aromatic N) is 1. The lowest BCUT2D eigenvalue weighted by Gasteiger charge is -2.17. The second kappa shape index (κ2) is 7.28. The van der Waals surface area contributed by atoms with Gasteiger partial charge >= 0.3 is 0 Å². The standard InChI is InChI=1S/C21H22N2O/c1-3-13-22-16(2)14-23-15-20(17-9-5-4-6-10-17)18-11-7-8-12-19(18)21(23)24/h3-12,15-16,22H,1,13-14H2,2H3. The molecule has 2 aromatic carbocycles. The van der Waals surface area contributed by atoms with Crippen LogP contribution in [0.2, 0.25) is 0 Å². The molecule has 0 aliphatic rings. The molecule has 1 unspecified atom stereocenters. The molecule has 0 radical (unpaired) electrons. The van der Waals surface area contributed by atoms with Crippen molar-refractivity contribution >= 4 is 10.8 Å². The Labute approximate surface area is 142 Å². The van der Waals surface area contributed by atoms with Gasteiger partial charge in [-0.25, -0.2) is 0 Å². The third kappa shape index (κ3) is 3.31. The molecule has 1 aromatic heterocycles. The summed E-state index contributed by atoms with van der Waals surface area (Å²) in [5.41, 5.74) is 2.26. The minimum Gasteiger partial charge on any atom is -0.313 e. The van der Waals surface area contributed by atoms with E-state index in [0.29, 0.717) is 6.54 Å². The normalized spacial score (nSPS) is 12.2. The Balaban J connectivity index is 2.12. The molecule has 0 bridgehead atoms. The summed E-state index contributed by atoms with van der Waals surface area (Å²) in [7, 11) is 0. The highest BCUT2D eigenvalue weighted by Gasteiger charge is 2.11. The van der Waals surface area contributed by atoms with Crippen molar-refractivity contribution in [1.82, 2.24) is 9.88 Å². The second-order valence-electron chi connectivity index (χ2n) is 6.01. The third-order valence-electron chi connectivity index (χ3n) is 4.16. The van der Waals surface area contributed by atoms with Gasteiger partial charge in [-0.2, -0.15) is 0 Å². The molecule has 1 atom stereocenters. The van der Waals surface area contributed by atoms with Crippen LogP contribution >= 0.6 is 0 Å². The first-order valence-electron chi connectivity index (χ1n) is 8.22. The van der Waals surface area contributed by atoms with Crippen molar-refractivity contribution in [2.24, 2.45) is 0 Å². The number of nitrogens with one attached hydrogen (secondary N) is 1. The van der Waals surface area contributed by atoms with E-state index in [1.165, 1.54) is 0 Å². The average molecular weight is 318 g/mol. The summed E-state index contributed by atoms with van der Waals surface area (Å²) in [6.07, 6.45) is 3.81. The molecule has 3 heteroatoms. The summed E-state index contributed by atoms with van der Waals surface area (Å²) in [6.45, 7) is 7.15. The molecule has 24 heavy (non-hydrogen) atoms. The van der Waals surface area contributed by atoms with E-state index in [2.05, 4.69) is 31.0 Å². The fourth-order valence-corrected chi connectivity index (χ4v) is 2.97. The van der Waals surface area contributed by atoms with Crippen LogP contribution < -0.4 is 10.9 Å². The first kappa shape index (κ1) is 16.2. The fraction of sp³-hybridized carbons (Fsp3) is 0.190. The van der Waals surface area contributed by atoms with E-state index in [1.54, 1.807) is 0 Å². The van der Waals surface area contributed by atoms with Crippen LogP contribution in [0.25, 0.3) is 21.9 Å². The number of fused-ring (bicyclic) bond motifs is 1. The van der Waals surface area contributed by atoms with Gasteiger partial charge in [-0.05, 0) is 23.9 Å². The molecule has 0 amide bonds. The molecular formula is C21H22N2O. The Morgan fingerprint density at radius 2 is 1.75 bits per heavy atom. The van der Waals surface area contributed by atoms with Gasteiger partial charge in [0.15, 0.2) is 0 Å². The van der Waals surface area contributed by atoms with Crippen molar-refractivity contribution in [2.75, 3.05) is 6.54 Å². The van der Waals surface area contributed by atoms with Gasteiger partial charge in [-0.3, -0.25) is 4.79 Å². The zero-order valence-electron chi connectivity index (χ0n) is 13.9. The lowest BCUT2D eigenvalue weighted by atomic mass is 10.0. The lowest BCUT2D eigenvalue weighted by Crippen LogP contribution is -2.34. The van der Waals surface area contributed by atoms with Gasteiger partial charge in [-0.15, -0.1) is 6.58 Å². The topological polar surface area (TPSA) is 34.0 Å². The minimum absolute atomic E-state index is 0.0533. The first-order chi connectivity index (χ1) is 11.7. The monoisotopic (exact) mass is 318 g/mol. The zero-order valence-corrected chi connectivity index (χ0v) is 13.9. The molecule has 0 aliphatic carbocycles. The number of rotatable bonds is 6. The van der Waals surface area contributed by atoms with E-state index in [-0.39, 0.29) is 11.6 Å². The van der Waals surface area contributed by atoms with Crippen molar-refractivity contribution in [3.63, 3.8) is 0 Å². The van der Waals surface area contributed by atoms with Gasteiger partial charge in [0.05, 0.1) is 0 Å². The molecule has 0 fully saturated rings. The fourth-order valence-electron chi connectivity index (χ4n) is 2.97. The minimum atomic E-state index is 0.0533. The number of hydrogen-bond acceptors (Lipinski definition) is 2. The van der Waals surface area contributed by atoms with Crippen LogP contribution in [0.3, 0.4) is 0 Å². The SMILES string of the molecule is C=CCNC(C)Cn1cc(-c2ccccc2)c2ccccc2c1=O. The second-order valence-corrected chi connectivity index (χ2v) is 6.01. The van der Waals surface area contributed by atoms with Crippen molar-refractivity contribution in [3.05, 3.63) is 83.8 Å². The lowest BCUT2D eigenvalue weighted by molar-refractivity contribution is 0.492. The van der Waals surface area contributed by atoms with Crippen LogP contribution in [-0.4, -0.2) is 17.2 Å². The van der Waals surface area contributed by atoms with Crippen molar-refractivity contribution < 1.29 is 0 Å². The van der Waals surface area contributed by atoms with Gasteiger partial charge < -0.3 is 9.88 Å². The molecular weight excluding hydrogens is 296 g/mol. The summed E-state index contributed by atoms with van der Waals surface area (Å²) in [4.78, 5) is 12.8. The summed E-state index contributed by atoms with van der Waals surface area (Å²) in [5, 5.41) is 5.09. The predicted molar refractivity (Wildman–Crippen MR) is 101 cm³/mol. The number of hydrogen-bond donors (Lipinski definition) is 1. The van der Waals surface area contributed by atoms with Gasteiger partial charge in [0.2, 0.25) is 0 Å². The van der Waals surface area contributed by atoms with Crippen molar-refractivity contribution in [3.8, 4) is 11.1 Å².